The summed E-state index contributed by atoms with van der Waals surface area (Å²) in [5, 5.41) is 0.404. The number of carbonyl (C=O) groups excluding carboxylic acids is 2. The molecule has 1 heterocycles. The number of hydrogen-bond acceptors (Lipinski definition) is 4. The summed E-state index contributed by atoms with van der Waals surface area (Å²) in [4.78, 5) is 27.8. The van der Waals surface area contributed by atoms with Crippen LogP contribution in [0.1, 0.15) is 63.7 Å². The van der Waals surface area contributed by atoms with Crippen LogP contribution in [0.15, 0.2) is 18.2 Å². The van der Waals surface area contributed by atoms with Crippen LogP contribution >= 0.6 is 11.6 Å². The minimum absolute atomic E-state index is 0.0553. The maximum atomic E-state index is 12.3. The lowest BCUT2D eigenvalue weighted by molar-refractivity contribution is 0.0161. The summed E-state index contributed by atoms with van der Waals surface area (Å²) in [6, 6.07) is 5.25. The van der Waals surface area contributed by atoms with Gasteiger partial charge in [-0.2, -0.15) is 0 Å². The first kappa shape index (κ1) is 23.7. The number of amides is 2. The summed E-state index contributed by atoms with van der Waals surface area (Å²) < 4.78 is 11.6. The Kier molecular flexibility index (Phi) is 6.80. The first-order chi connectivity index (χ1) is 14.4. The van der Waals surface area contributed by atoms with Crippen LogP contribution in [0.2, 0.25) is 5.02 Å². The molecular weight excluding hydrogens is 416 g/mol. The molecule has 2 atom stereocenters. The van der Waals surface area contributed by atoms with Crippen molar-refractivity contribution < 1.29 is 19.1 Å². The molecule has 2 aliphatic rings. The maximum absolute atomic E-state index is 12.3. The van der Waals surface area contributed by atoms with Gasteiger partial charge in [-0.1, -0.05) is 11.6 Å². The van der Waals surface area contributed by atoms with Crippen LogP contribution in [0, 0.1) is 11.3 Å². The molecule has 0 aromatic heterocycles. The lowest BCUT2D eigenvalue weighted by Crippen LogP contribution is -2.42. The Hall–Kier alpha value is -1.95. The molecule has 1 aliphatic heterocycles. The third kappa shape index (κ3) is 5.85. The van der Waals surface area contributed by atoms with Gasteiger partial charge in [-0.05, 0) is 82.9 Å². The number of ether oxygens (including phenoxy) is 2. The topological polar surface area (TPSA) is 59.1 Å². The number of carbonyl (C=O) groups is 2. The molecule has 1 saturated heterocycles. The Morgan fingerprint density at radius 2 is 1.90 bits per heavy atom. The molecule has 0 radical (unpaired) electrons. The monoisotopic (exact) mass is 450 g/mol. The van der Waals surface area contributed by atoms with Gasteiger partial charge in [0.1, 0.15) is 11.4 Å². The zero-order valence-corrected chi connectivity index (χ0v) is 20.3. The van der Waals surface area contributed by atoms with Gasteiger partial charge in [0, 0.05) is 27.2 Å². The molecule has 7 heteroatoms. The number of rotatable bonds is 5. The standard InChI is InChI=1S/C24H35ClN2O4/c1-16(30-18-7-8-19(20(25)14-18)21(28)26(5)6)13-17-15-24(17)9-11-27(12-10-24)22(29)31-23(2,3)4/h7-8,14,16-17H,9-13,15H2,1-6H3/t16-,17-/m0/s1. The van der Waals surface area contributed by atoms with E-state index in [9.17, 15) is 9.59 Å². The molecule has 2 fully saturated rings. The van der Waals surface area contributed by atoms with Crippen molar-refractivity contribution in [3.63, 3.8) is 0 Å². The van der Waals surface area contributed by atoms with Crippen LogP contribution in [-0.2, 0) is 4.74 Å². The van der Waals surface area contributed by atoms with E-state index in [4.69, 9.17) is 21.1 Å². The second-order valence-corrected chi connectivity index (χ2v) is 10.6. The molecule has 172 valence electrons. The van der Waals surface area contributed by atoms with Crippen LogP contribution in [0.3, 0.4) is 0 Å². The van der Waals surface area contributed by atoms with Crippen molar-refractivity contribution in [2.75, 3.05) is 27.2 Å². The quantitative estimate of drug-likeness (QED) is 0.615. The fourth-order valence-electron chi connectivity index (χ4n) is 4.50. The summed E-state index contributed by atoms with van der Waals surface area (Å²) in [5.74, 6) is 1.18. The molecule has 1 spiro atoms. The fraction of sp³-hybridized carbons (Fsp3) is 0.667. The van der Waals surface area contributed by atoms with E-state index in [0.29, 0.717) is 27.7 Å². The smallest absolute Gasteiger partial charge is 0.410 e. The highest BCUT2D eigenvalue weighted by atomic mass is 35.5. The summed E-state index contributed by atoms with van der Waals surface area (Å²) in [5.41, 5.74) is 0.363. The normalized spacial score (nSPS) is 20.9. The van der Waals surface area contributed by atoms with Crippen molar-refractivity contribution >= 4 is 23.6 Å². The number of likely N-dealkylation sites (tertiary alicyclic amines) is 1. The molecule has 0 bridgehead atoms. The molecule has 2 amide bonds. The Morgan fingerprint density at radius 1 is 1.26 bits per heavy atom. The van der Waals surface area contributed by atoms with Crippen LogP contribution in [0.25, 0.3) is 0 Å². The van der Waals surface area contributed by atoms with Crippen LogP contribution in [-0.4, -0.2) is 60.7 Å². The van der Waals surface area contributed by atoms with Crippen molar-refractivity contribution in [1.82, 2.24) is 9.80 Å². The third-order valence-electron chi connectivity index (χ3n) is 6.30. The minimum Gasteiger partial charge on any atom is -0.491 e. The number of halogens is 1. The number of hydrogen-bond donors (Lipinski definition) is 0. The van der Waals surface area contributed by atoms with Gasteiger partial charge in [-0.15, -0.1) is 0 Å². The van der Waals surface area contributed by atoms with Crippen LogP contribution < -0.4 is 4.74 Å². The predicted molar refractivity (Wildman–Crippen MR) is 122 cm³/mol. The number of benzene rings is 1. The third-order valence-corrected chi connectivity index (χ3v) is 6.61. The average Bonchev–Trinajstić information content (AvgIpc) is 3.30. The van der Waals surface area contributed by atoms with Gasteiger partial charge in [-0.3, -0.25) is 4.79 Å². The van der Waals surface area contributed by atoms with Crippen LogP contribution in [0.4, 0.5) is 4.79 Å². The van der Waals surface area contributed by atoms with Gasteiger partial charge in [0.25, 0.3) is 5.91 Å². The lowest BCUT2D eigenvalue weighted by Gasteiger charge is -2.34. The summed E-state index contributed by atoms with van der Waals surface area (Å²) in [7, 11) is 3.41. The Balaban J connectivity index is 1.48. The van der Waals surface area contributed by atoms with E-state index in [2.05, 4.69) is 6.92 Å². The molecule has 1 saturated carbocycles. The zero-order valence-electron chi connectivity index (χ0n) is 19.5. The van der Waals surface area contributed by atoms with Crippen molar-refractivity contribution in [3.05, 3.63) is 28.8 Å². The number of nitrogens with zero attached hydrogens (tertiary/aromatic N) is 2. The summed E-state index contributed by atoms with van der Waals surface area (Å²) >= 11 is 6.30. The van der Waals surface area contributed by atoms with E-state index in [1.54, 1.807) is 32.3 Å². The molecule has 3 rings (SSSR count). The molecule has 1 aliphatic carbocycles. The molecule has 31 heavy (non-hydrogen) atoms. The highest BCUT2D eigenvalue weighted by Crippen LogP contribution is 2.61. The minimum atomic E-state index is -0.456. The highest BCUT2D eigenvalue weighted by Gasteiger charge is 2.55. The van der Waals surface area contributed by atoms with Crippen molar-refractivity contribution in [1.29, 1.82) is 0 Å². The second kappa shape index (κ2) is 8.89. The van der Waals surface area contributed by atoms with E-state index in [1.807, 2.05) is 25.7 Å². The number of piperidine rings is 1. The largest absolute Gasteiger partial charge is 0.491 e. The second-order valence-electron chi connectivity index (χ2n) is 10.2. The maximum Gasteiger partial charge on any atom is 0.410 e. The van der Waals surface area contributed by atoms with E-state index in [1.165, 1.54) is 11.3 Å². The van der Waals surface area contributed by atoms with Gasteiger partial charge in [0.05, 0.1) is 16.7 Å². The summed E-state index contributed by atoms with van der Waals surface area (Å²) in [6.07, 6.45) is 4.07. The first-order valence-electron chi connectivity index (χ1n) is 11.1. The Labute approximate surface area is 190 Å². The average molecular weight is 451 g/mol. The van der Waals surface area contributed by atoms with E-state index >= 15 is 0 Å². The van der Waals surface area contributed by atoms with Crippen molar-refractivity contribution in [2.24, 2.45) is 11.3 Å². The Morgan fingerprint density at radius 3 is 2.45 bits per heavy atom. The zero-order chi connectivity index (χ0) is 23.0. The van der Waals surface area contributed by atoms with Gasteiger partial charge in [0.15, 0.2) is 0 Å². The summed E-state index contributed by atoms with van der Waals surface area (Å²) in [6.45, 7) is 9.30. The van der Waals surface area contributed by atoms with Crippen molar-refractivity contribution in [2.45, 2.75) is 65.1 Å². The van der Waals surface area contributed by atoms with Crippen LogP contribution in [0.5, 0.6) is 5.75 Å². The highest BCUT2D eigenvalue weighted by molar-refractivity contribution is 6.34. The molecule has 0 N–H and O–H groups in total. The molecule has 6 nitrogen and oxygen atoms in total. The van der Waals surface area contributed by atoms with Gasteiger partial charge < -0.3 is 19.3 Å². The van der Waals surface area contributed by atoms with Gasteiger partial charge in [0.2, 0.25) is 0 Å². The predicted octanol–water partition coefficient (Wildman–Crippen LogP) is 5.24. The SMILES string of the molecule is C[C@@H](C[C@H]1CC12CCN(C(=O)OC(C)(C)C)CC2)Oc1ccc(C(=O)N(C)C)c(Cl)c1. The van der Waals surface area contributed by atoms with E-state index < -0.39 is 5.60 Å². The molecular formula is C24H35ClN2O4. The molecule has 1 aromatic rings. The fourth-order valence-corrected chi connectivity index (χ4v) is 4.75. The first-order valence-corrected chi connectivity index (χ1v) is 11.4. The van der Waals surface area contributed by atoms with Crippen molar-refractivity contribution in [3.8, 4) is 5.75 Å². The van der Waals surface area contributed by atoms with Gasteiger partial charge >= 0.3 is 6.09 Å². The lowest BCUT2D eigenvalue weighted by atomic mass is 9.89. The molecule has 1 aromatic carbocycles. The van der Waals surface area contributed by atoms with E-state index in [0.717, 1.165) is 32.4 Å². The van der Waals surface area contributed by atoms with Gasteiger partial charge in [-0.25, -0.2) is 4.79 Å². The van der Waals surface area contributed by atoms with E-state index in [-0.39, 0.29) is 18.1 Å². The Bertz CT molecular complexity index is 825. The molecule has 0 unspecified atom stereocenters.